The average Bonchev–Trinajstić information content (AvgIpc) is 2.38. The molecule has 0 saturated heterocycles. The summed E-state index contributed by atoms with van der Waals surface area (Å²) in [5.41, 5.74) is 1.33. The van der Waals surface area contributed by atoms with Crippen molar-refractivity contribution in [3.05, 3.63) is 47.5 Å². The van der Waals surface area contributed by atoms with Gasteiger partial charge in [0.2, 0.25) is 0 Å². The first-order chi connectivity index (χ1) is 9.25. The van der Waals surface area contributed by atoms with Crippen molar-refractivity contribution in [2.75, 3.05) is 0 Å². The number of rotatable bonds is 4. The van der Waals surface area contributed by atoms with E-state index in [2.05, 4.69) is 12.2 Å². The Morgan fingerprint density at radius 2 is 2.00 bits per heavy atom. The van der Waals surface area contributed by atoms with E-state index in [1.165, 1.54) is 19.3 Å². The van der Waals surface area contributed by atoms with E-state index in [0.717, 1.165) is 18.4 Å². The fourth-order valence-corrected chi connectivity index (χ4v) is 2.21. The molecule has 0 radical (unpaired) electrons. The monoisotopic (exact) mass is 260 g/mol. The molecular formula is C16H20O3. The van der Waals surface area contributed by atoms with Gasteiger partial charge in [-0.15, -0.1) is 0 Å². The summed E-state index contributed by atoms with van der Waals surface area (Å²) in [6, 6.07) is 6.87. The summed E-state index contributed by atoms with van der Waals surface area (Å²) in [4.78, 5) is 10.7. The van der Waals surface area contributed by atoms with Crippen LogP contribution in [-0.4, -0.2) is 17.2 Å². The molecule has 0 amide bonds. The molecule has 0 spiro atoms. The number of carboxylic acid groups (broad SMARTS) is 1. The second kappa shape index (κ2) is 7.10. The third kappa shape index (κ3) is 4.52. The molecule has 1 aliphatic rings. The van der Waals surface area contributed by atoms with Gasteiger partial charge in [0, 0.05) is 0 Å². The van der Waals surface area contributed by atoms with Gasteiger partial charge in [-0.3, -0.25) is 0 Å². The maximum Gasteiger partial charge on any atom is 0.335 e. The summed E-state index contributed by atoms with van der Waals surface area (Å²) >= 11 is 0. The zero-order chi connectivity index (χ0) is 13.5. The van der Waals surface area contributed by atoms with Gasteiger partial charge < -0.3 is 9.84 Å². The van der Waals surface area contributed by atoms with Gasteiger partial charge in [0.25, 0.3) is 0 Å². The molecular weight excluding hydrogens is 240 g/mol. The minimum absolute atomic E-state index is 0.194. The van der Waals surface area contributed by atoms with Crippen molar-refractivity contribution in [2.24, 2.45) is 0 Å². The molecule has 1 N–H and O–H groups in total. The highest BCUT2D eigenvalue weighted by Crippen LogP contribution is 2.16. The molecule has 0 fully saturated rings. The predicted octanol–water partition coefficient (Wildman–Crippen LogP) is 3.79. The highest BCUT2D eigenvalue weighted by atomic mass is 16.5. The van der Waals surface area contributed by atoms with Gasteiger partial charge in [-0.25, -0.2) is 4.79 Å². The zero-order valence-electron chi connectivity index (χ0n) is 11.0. The smallest absolute Gasteiger partial charge is 0.335 e. The van der Waals surface area contributed by atoms with E-state index in [0.29, 0.717) is 12.2 Å². The number of hydrogen-bond acceptors (Lipinski definition) is 2. The second-order valence-corrected chi connectivity index (χ2v) is 4.92. The van der Waals surface area contributed by atoms with E-state index in [1.54, 1.807) is 12.1 Å². The number of hydrogen-bond donors (Lipinski definition) is 1. The quantitative estimate of drug-likeness (QED) is 0.838. The number of ether oxygens (including phenoxy) is 1. The number of benzene rings is 1. The lowest BCUT2D eigenvalue weighted by atomic mass is 10.0. The van der Waals surface area contributed by atoms with Crippen molar-refractivity contribution in [1.82, 2.24) is 0 Å². The molecule has 2 rings (SSSR count). The van der Waals surface area contributed by atoms with Gasteiger partial charge in [0.1, 0.15) is 0 Å². The highest BCUT2D eigenvalue weighted by Gasteiger charge is 2.08. The van der Waals surface area contributed by atoms with Crippen LogP contribution < -0.4 is 0 Å². The molecule has 19 heavy (non-hydrogen) atoms. The van der Waals surface area contributed by atoms with Crippen molar-refractivity contribution < 1.29 is 14.6 Å². The summed E-state index contributed by atoms with van der Waals surface area (Å²) in [6.45, 7) is 0.537. The third-order valence-corrected chi connectivity index (χ3v) is 3.38. The van der Waals surface area contributed by atoms with Crippen LogP contribution in [0.25, 0.3) is 0 Å². The van der Waals surface area contributed by atoms with Crippen LogP contribution >= 0.6 is 0 Å². The topological polar surface area (TPSA) is 46.5 Å². The lowest BCUT2D eigenvalue weighted by Crippen LogP contribution is -2.11. The van der Waals surface area contributed by atoms with Crippen molar-refractivity contribution in [3.8, 4) is 0 Å². The fraction of sp³-hybridized carbons (Fsp3) is 0.438. The molecule has 0 aliphatic heterocycles. The van der Waals surface area contributed by atoms with Crippen LogP contribution in [0.4, 0.5) is 0 Å². The lowest BCUT2D eigenvalue weighted by Gasteiger charge is -2.16. The molecule has 3 heteroatoms. The van der Waals surface area contributed by atoms with E-state index in [9.17, 15) is 4.79 Å². The van der Waals surface area contributed by atoms with Crippen molar-refractivity contribution in [2.45, 2.75) is 44.8 Å². The molecule has 0 saturated carbocycles. The summed E-state index contributed by atoms with van der Waals surface area (Å²) in [7, 11) is 0. The van der Waals surface area contributed by atoms with Crippen LogP contribution in [0.5, 0.6) is 0 Å². The van der Waals surface area contributed by atoms with Crippen LogP contribution in [0, 0.1) is 0 Å². The van der Waals surface area contributed by atoms with Crippen LogP contribution in [0.2, 0.25) is 0 Å². The van der Waals surface area contributed by atoms with Gasteiger partial charge in [0.15, 0.2) is 0 Å². The number of carboxylic acids is 1. The number of aromatic carboxylic acids is 1. The third-order valence-electron chi connectivity index (χ3n) is 3.38. The SMILES string of the molecule is O=C(O)c1ccc(COC2C=CCCCCC2)cc1. The average molecular weight is 260 g/mol. The molecule has 1 atom stereocenters. The zero-order valence-corrected chi connectivity index (χ0v) is 11.0. The molecule has 0 heterocycles. The van der Waals surface area contributed by atoms with Gasteiger partial charge in [-0.05, 0) is 37.0 Å². The van der Waals surface area contributed by atoms with Gasteiger partial charge in [0.05, 0.1) is 18.3 Å². The van der Waals surface area contributed by atoms with Gasteiger partial charge in [-0.1, -0.05) is 37.1 Å². The Balaban J connectivity index is 1.86. The van der Waals surface area contributed by atoms with Crippen molar-refractivity contribution in [1.29, 1.82) is 0 Å². The first-order valence-electron chi connectivity index (χ1n) is 6.86. The second-order valence-electron chi connectivity index (χ2n) is 4.92. The Kier molecular flexibility index (Phi) is 5.16. The Hall–Kier alpha value is -1.61. The van der Waals surface area contributed by atoms with Crippen LogP contribution in [0.3, 0.4) is 0 Å². The molecule has 0 aromatic heterocycles. The Labute approximate surface area is 113 Å². The van der Waals surface area contributed by atoms with Crippen LogP contribution in [0.15, 0.2) is 36.4 Å². The first kappa shape index (κ1) is 13.8. The largest absolute Gasteiger partial charge is 0.478 e. The first-order valence-corrected chi connectivity index (χ1v) is 6.86. The minimum Gasteiger partial charge on any atom is -0.478 e. The summed E-state index contributed by atoms with van der Waals surface area (Å²) in [5, 5.41) is 8.83. The molecule has 1 aromatic rings. The van der Waals surface area contributed by atoms with E-state index in [4.69, 9.17) is 9.84 Å². The van der Waals surface area contributed by atoms with Gasteiger partial charge in [-0.2, -0.15) is 0 Å². The van der Waals surface area contributed by atoms with Gasteiger partial charge >= 0.3 is 5.97 Å². The summed E-state index contributed by atoms with van der Waals surface area (Å²) in [6.07, 6.45) is 10.5. The molecule has 0 bridgehead atoms. The van der Waals surface area contributed by atoms with E-state index < -0.39 is 5.97 Å². The Bertz CT molecular complexity index is 434. The maximum absolute atomic E-state index is 10.7. The van der Waals surface area contributed by atoms with Crippen molar-refractivity contribution >= 4 is 5.97 Å². The Morgan fingerprint density at radius 1 is 1.21 bits per heavy atom. The summed E-state index contributed by atoms with van der Waals surface area (Å²) in [5.74, 6) is -0.893. The normalized spacial score (nSPS) is 19.7. The standard InChI is InChI=1S/C16H20O3/c17-16(18)14-10-8-13(9-11-14)12-19-15-6-4-2-1-3-5-7-15/h4,6,8-11,15H,1-3,5,7,12H2,(H,17,18). The summed E-state index contributed by atoms with van der Waals surface area (Å²) < 4.78 is 5.87. The molecule has 3 nitrogen and oxygen atoms in total. The number of allylic oxidation sites excluding steroid dienone is 1. The minimum atomic E-state index is -0.893. The van der Waals surface area contributed by atoms with E-state index in [-0.39, 0.29) is 6.10 Å². The predicted molar refractivity (Wildman–Crippen MR) is 74.2 cm³/mol. The molecule has 1 aliphatic carbocycles. The van der Waals surface area contributed by atoms with Crippen LogP contribution in [-0.2, 0) is 11.3 Å². The molecule has 1 aromatic carbocycles. The lowest BCUT2D eigenvalue weighted by molar-refractivity contribution is 0.0636. The molecule has 1 unspecified atom stereocenters. The van der Waals surface area contributed by atoms with E-state index >= 15 is 0 Å². The van der Waals surface area contributed by atoms with Crippen LogP contribution in [0.1, 0.15) is 48.0 Å². The highest BCUT2D eigenvalue weighted by molar-refractivity contribution is 5.87. The Morgan fingerprint density at radius 3 is 2.74 bits per heavy atom. The molecule has 102 valence electrons. The fourth-order valence-electron chi connectivity index (χ4n) is 2.21. The maximum atomic E-state index is 10.7. The van der Waals surface area contributed by atoms with Crippen molar-refractivity contribution in [3.63, 3.8) is 0 Å². The number of carbonyl (C=O) groups is 1. The van der Waals surface area contributed by atoms with E-state index in [1.807, 2.05) is 12.1 Å².